The summed E-state index contributed by atoms with van der Waals surface area (Å²) < 4.78 is 19.6. The smallest absolute Gasteiger partial charge is 0.234 e. The first-order chi connectivity index (χ1) is 13.5. The number of carbonyl (C=O) groups is 1. The van der Waals surface area contributed by atoms with Gasteiger partial charge in [0, 0.05) is 15.8 Å². The minimum Gasteiger partial charge on any atom is -0.455 e. The Hall–Kier alpha value is -2.21. The molecule has 3 rings (SSSR count). The molecule has 0 aliphatic heterocycles. The Morgan fingerprint density at radius 2 is 1.71 bits per heavy atom. The van der Waals surface area contributed by atoms with Crippen LogP contribution in [0.15, 0.2) is 66.7 Å². The van der Waals surface area contributed by atoms with Gasteiger partial charge in [-0.15, -0.1) is 11.8 Å². The Balaban J connectivity index is 1.61. The third-order valence-electron chi connectivity index (χ3n) is 3.69. The Morgan fingerprint density at radius 3 is 2.46 bits per heavy atom. The molecule has 0 aromatic heterocycles. The topological polar surface area (TPSA) is 38.3 Å². The van der Waals surface area contributed by atoms with E-state index in [1.54, 1.807) is 30.3 Å². The van der Waals surface area contributed by atoms with Crippen molar-refractivity contribution < 1.29 is 13.9 Å². The van der Waals surface area contributed by atoms with E-state index in [1.807, 2.05) is 30.3 Å². The second kappa shape index (κ2) is 9.82. The number of hydrogen-bond donors (Lipinski definition) is 1. The maximum absolute atomic E-state index is 13.8. The molecule has 0 aliphatic rings. The number of anilines is 1. The molecule has 7 heteroatoms. The molecular formula is C21H16Cl2FNO2S. The van der Waals surface area contributed by atoms with Crippen molar-refractivity contribution in [1.82, 2.24) is 0 Å². The summed E-state index contributed by atoms with van der Waals surface area (Å²) >= 11 is 13.1. The van der Waals surface area contributed by atoms with Crippen LogP contribution in [-0.2, 0) is 10.5 Å². The van der Waals surface area contributed by atoms with Crippen molar-refractivity contribution >= 4 is 46.6 Å². The number of carbonyl (C=O) groups excluding carboxylic acids is 1. The van der Waals surface area contributed by atoms with Gasteiger partial charge in [-0.1, -0.05) is 47.5 Å². The van der Waals surface area contributed by atoms with Gasteiger partial charge in [-0.25, -0.2) is 4.39 Å². The minimum atomic E-state index is -0.381. The monoisotopic (exact) mass is 435 g/mol. The fourth-order valence-corrected chi connectivity index (χ4v) is 3.53. The average molecular weight is 436 g/mol. The van der Waals surface area contributed by atoms with E-state index in [0.717, 1.165) is 0 Å². The predicted octanol–water partition coefficient (Wildman–Crippen LogP) is 6.80. The lowest BCUT2D eigenvalue weighted by Crippen LogP contribution is -2.15. The normalized spacial score (nSPS) is 10.5. The van der Waals surface area contributed by atoms with Crippen LogP contribution in [0.2, 0.25) is 10.0 Å². The number of ether oxygens (including phenoxy) is 1. The van der Waals surface area contributed by atoms with Gasteiger partial charge in [0.1, 0.15) is 11.6 Å². The summed E-state index contributed by atoms with van der Waals surface area (Å²) in [7, 11) is 0. The Bertz CT molecular complexity index is 970. The second-order valence-corrected chi connectivity index (χ2v) is 7.69. The van der Waals surface area contributed by atoms with Gasteiger partial charge in [-0.05, 0) is 48.0 Å². The number of benzene rings is 3. The molecule has 0 heterocycles. The van der Waals surface area contributed by atoms with Crippen LogP contribution in [0.1, 0.15) is 5.56 Å². The first-order valence-electron chi connectivity index (χ1n) is 8.35. The van der Waals surface area contributed by atoms with Crippen LogP contribution in [0.4, 0.5) is 10.1 Å². The van der Waals surface area contributed by atoms with Gasteiger partial charge in [0.15, 0.2) is 5.75 Å². The van der Waals surface area contributed by atoms with Crippen LogP contribution in [0, 0.1) is 5.82 Å². The molecule has 0 radical (unpaired) electrons. The molecule has 3 nitrogen and oxygen atoms in total. The van der Waals surface area contributed by atoms with Gasteiger partial charge in [-0.2, -0.15) is 0 Å². The quantitative estimate of drug-likeness (QED) is 0.443. The molecule has 0 aliphatic carbocycles. The number of para-hydroxylation sites is 1. The third-order valence-corrected chi connectivity index (χ3v) is 5.14. The van der Waals surface area contributed by atoms with Gasteiger partial charge < -0.3 is 10.1 Å². The van der Waals surface area contributed by atoms with E-state index in [1.165, 1.54) is 17.8 Å². The summed E-state index contributed by atoms with van der Waals surface area (Å²) in [6.07, 6.45) is 0. The Kier molecular flexibility index (Phi) is 7.20. The van der Waals surface area contributed by atoms with Crippen molar-refractivity contribution in [2.24, 2.45) is 0 Å². The summed E-state index contributed by atoms with van der Waals surface area (Å²) in [4.78, 5) is 12.3. The Labute approximate surface area is 176 Å². The first-order valence-corrected chi connectivity index (χ1v) is 10.3. The number of rotatable bonds is 7. The summed E-state index contributed by atoms with van der Waals surface area (Å²) in [6.45, 7) is 0. The predicted molar refractivity (Wildman–Crippen MR) is 114 cm³/mol. The van der Waals surface area contributed by atoms with Gasteiger partial charge in [0.2, 0.25) is 5.91 Å². The molecule has 3 aromatic rings. The molecule has 28 heavy (non-hydrogen) atoms. The highest BCUT2D eigenvalue weighted by Crippen LogP contribution is 2.32. The van der Waals surface area contributed by atoms with E-state index >= 15 is 0 Å². The third kappa shape index (κ3) is 5.89. The molecule has 0 spiro atoms. The summed E-state index contributed by atoms with van der Waals surface area (Å²) in [5, 5.41) is 3.62. The highest BCUT2D eigenvalue weighted by atomic mass is 35.5. The van der Waals surface area contributed by atoms with Crippen molar-refractivity contribution in [2.75, 3.05) is 11.1 Å². The zero-order valence-electron chi connectivity index (χ0n) is 14.6. The van der Waals surface area contributed by atoms with E-state index in [-0.39, 0.29) is 17.5 Å². The minimum absolute atomic E-state index is 0.152. The largest absolute Gasteiger partial charge is 0.455 e. The van der Waals surface area contributed by atoms with Crippen molar-refractivity contribution in [3.63, 3.8) is 0 Å². The number of amides is 1. The van der Waals surface area contributed by atoms with Crippen LogP contribution in [-0.4, -0.2) is 11.7 Å². The molecule has 1 N–H and O–H groups in total. The molecule has 3 aromatic carbocycles. The number of nitrogens with one attached hydrogen (secondary N) is 1. The highest BCUT2D eigenvalue weighted by molar-refractivity contribution is 7.99. The zero-order chi connectivity index (χ0) is 19.9. The summed E-state index contributed by atoms with van der Waals surface area (Å²) in [5.74, 6) is 1.03. The Morgan fingerprint density at radius 1 is 1.00 bits per heavy atom. The van der Waals surface area contributed by atoms with Crippen LogP contribution in [0.3, 0.4) is 0 Å². The maximum Gasteiger partial charge on any atom is 0.234 e. The lowest BCUT2D eigenvalue weighted by molar-refractivity contribution is -0.113. The maximum atomic E-state index is 13.8. The van der Waals surface area contributed by atoms with E-state index in [4.69, 9.17) is 27.9 Å². The molecular weight excluding hydrogens is 420 g/mol. The number of halogens is 3. The summed E-state index contributed by atoms with van der Waals surface area (Å²) in [5.41, 5.74) is 0.970. The highest BCUT2D eigenvalue weighted by Gasteiger charge is 2.11. The van der Waals surface area contributed by atoms with Crippen molar-refractivity contribution in [3.8, 4) is 11.5 Å². The standard InChI is InChI=1S/C21H16Cl2FNO2S/c22-15-7-6-14(18(24)10-15)12-28-13-21(26)25-19-11-16(23)8-9-20(19)27-17-4-2-1-3-5-17/h1-11H,12-13H2,(H,25,26). The van der Waals surface area contributed by atoms with Gasteiger partial charge in [0.25, 0.3) is 0 Å². The number of hydrogen-bond acceptors (Lipinski definition) is 3. The fraction of sp³-hybridized carbons (Fsp3) is 0.0952. The van der Waals surface area contributed by atoms with Crippen molar-refractivity contribution in [3.05, 3.63) is 88.2 Å². The zero-order valence-corrected chi connectivity index (χ0v) is 17.0. The molecule has 0 unspecified atom stereocenters. The van der Waals surface area contributed by atoms with E-state index < -0.39 is 0 Å². The van der Waals surface area contributed by atoms with Gasteiger partial charge in [-0.3, -0.25) is 4.79 Å². The molecule has 144 valence electrons. The average Bonchev–Trinajstić information content (AvgIpc) is 2.66. The molecule has 0 saturated heterocycles. The lowest BCUT2D eigenvalue weighted by Gasteiger charge is -2.13. The number of thioether (sulfide) groups is 1. The van der Waals surface area contributed by atoms with Crippen LogP contribution in [0.25, 0.3) is 0 Å². The van der Waals surface area contributed by atoms with E-state index in [2.05, 4.69) is 5.32 Å². The lowest BCUT2D eigenvalue weighted by atomic mass is 10.2. The summed E-state index contributed by atoms with van der Waals surface area (Å²) in [6, 6.07) is 18.7. The van der Waals surface area contributed by atoms with Crippen molar-refractivity contribution in [1.29, 1.82) is 0 Å². The van der Waals surface area contributed by atoms with Crippen molar-refractivity contribution in [2.45, 2.75) is 5.75 Å². The molecule has 0 bridgehead atoms. The van der Waals surface area contributed by atoms with E-state index in [0.29, 0.717) is 38.5 Å². The van der Waals surface area contributed by atoms with Gasteiger partial charge in [0.05, 0.1) is 11.4 Å². The SMILES string of the molecule is O=C(CSCc1ccc(Cl)cc1F)Nc1cc(Cl)ccc1Oc1ccccc1. The van der Waals surface area contributed by atoms with E-state index in [9.17, 15) is 9.18 Å². The van der Waals surface area contributed by atoms with Crippen LogP contribution >= 0.6 is 35.0 Å². The van der Waals surface area contributed by atoms with Crippen LogP contribution in [0.5, 0.6) is 11.5 Å². The first kappa shape index (κ1) is 20.5. The molecule has 0 saturated carbocycles. The second-order valence-electron chi connectivity index (χ2n) is 5.83. The molecule has 0 atom stereocenters. The van der Waals surface area contributed by atoms with Crippen LogP contribution < -0.4 is 10.1 Å². The van der Waals surface area contributed by atoms with Gasteiger partial charge >= 0.3 is 0 Å². The fourth-order valence-electron chi connectivity index (χ4n) is 2.38. The molecule has 0 fully saturated rings. The molecule has 1 amide bonds.